The average molecular weight is 282 g/mol. The minimum Gasteiger partial charge on any atom is -0.486 e. The van der Waals surface area contributed by atoms with Crippen LogP contribution in [0.2, 0.25) is 0 Å². The Bertz CT molecular complexity index is 468. The first-order chi connectivity index (χ1) is 7.78. The molecule has 0 saturated carbocycles. The van der Waals surface area contributed by atoms with Crippen molar-refractivity contribution in [2.45, 2.75) is 13.2 Å². The van der Waals surface area contributed by atoms with E-state index in [2.05, 4.69) is 15.9 Å². The molecule has 2 rings (SSSR count). The minimum atomic E-state index is 0.413. The molecule has 0 saturated heterocycles. The zero-order chi connectivity index (χ0) is 11.4. The normalized spacial score (nSPS) is 10.4. The summed E-state index contributed by atoms with van der Waals surface area (Å²) in [4.78, 5) is 0. The standard InChI is InChI=1S/C12H12BrNO2/c13-9-2-1-3-10(6-9)15-8-12-5-4-11(7-14)16-12/h1-6H,7-8,14H2. The SMILES string of the molecule is NCc1ccc(COc2cccc(Br)c2)o1. The van der Waals surface area contributed by atoms with Gasteiger partial charge < -0.3 is 14.9 Å². The van der Waals surface area contributed by atoms with Crippen LogP contribution in [0.25, 0.3) is 0 Å². The van der Waals surface area contributed by atoms with Gasteiger partial charge in [0, 0.05) is 4.47 Å². The van der Waals surface area contributed by atoms with E-state index in [4.69, 9.17) is 14.9 Å². The second-order valence-corrected chi connectivity index (χ2v) is 4.23. The van der Waals surface area contributed by atoms with E-state index in [0.717, 1.165) is 21.7 Å². The largest absolute Gasteiger partial charge is 0.486 e. The van der Waals surface area contributed by atoms with Crippen molar-refractivity contribution in [1.82, 2.24) is 0 Å². The molecule has 16 heavy (non-hydrogen) atoms. The molecule has 0 aliphatic rings. The van der Waals surface area contributed by atoms with Gasteiger partial charge in [-0.05, 0) is 30.3 Å². The molecular weight excluding hydrogens is 270 g/mol. The van der Waals surface area contributed by atoms with Crippen LogP contribution in [-0.2, 0) is 13.2 Å². The first-order valence-corrected chi connectivity index (χ1v) is 5.73. The maximum atomic E-state index is 5.57. The van der Waals surface area contributed by atoms with Crippen LogP contribution in [0.5, 0.6) is 5.75 Å². The van der Waals surface area contributed by atoms with Crippen LogP contribution in [-0.4, -0.2) is 0 Å². The van der Waals surface area contributed by atoms with Gasteiger partial charge in [-0.3, -0.25) is 0 Å². The van der Waals surface area contributed by atoms with Gasteiger partial charge in [0.25, 0.3) is 0 Å². The minimum absolute atomic E-state index is 0.413. The molecule has 0 bridgehead atoms. The lowest BCUT2D eigenvalue weighted by atomic mass is 10.3. The van der Waals surface area contributed by atoms with E-state index in [1.807, 2.05) is 36.4 Å². The Hall–Kier alpha value is -1.26. The summed E-state index contributed by atoms with van der Waals surface area (Å²) in [5.74, 6) is 2.35. The van der Waals surface area contributed by atoms with Crippen LogP contribution in [0, 0.1) is 0 Å². The Kier molecular flexibility index (Phi) is 3.64. The number of ether oxygens (including phenoxy) is 1. The smallest absolute Gasteiger partial charge is 0.146 e. The maximum Gasteiger partial charge on any atom is 0.146 e. The van der Waals surface area contributed by atoms with Crippen LogP contribution >= 0.6 is 15.9 Å². The summed E-state index contributed by atoms with van der Waals surface area (Å²) in [6.07, 6.45) is 0. The van der Waals surface area contributed by atoms with Crippen LogP contribution in [0.3, 0.4) is 0 Å². The molecule has 1 aromatic heterocycles. The van der Waals surface area contributed by atoms with Gasteiger partial charge in [-0.1, -0.05) is 22.0 Å². The summed E-state index contributed by atoms with van der Waals surface area (Å²) in [6.45, 7) is 0.827. The van der Waals surface area contributed by atoms with Gasteiger partial charge in [-0.25, -0.2) is 0 Å². The summed E-state index contributed by atoms with van der Waals surface area (Å²) >= 11 is 3.38. The van der Waals surface area contributed by atoms with Crippen molar-refractivity contribution in [3.8, 4) is 5.75 Å². The fraction of sp³-hybridized carbons (Fsp3) is 0.167. The third-order valence-corrected chi connectivity index (χ3v) is 2.59. The second kappa shape index (κ2) is 5.18. The fourth-order valence-electron chi connectivity index (χ4n) is 1.32. The number of halogens is 1. The van der Waals surface area contributed by atoms with Gasteiger partial charge in [-0.2, -0.15) is 0 Å². The first-order valence-electron chi connectivity index (χ1n) is 4.94. The Balaban J connectivity index is 1.96. The van der Waals surface area contributed by atoms with Crippen LogP contribution < -0.4 is 10.5 Å². The van der Waals surface area contributed by atoms with Crippen molar-refractivity contribution in [3.05, 3.63) is 52.4 Å². The molecule has 0 aliphatic heterocycles. The van der Waals surface area contributed by atoms with E-state index < -0.39 is 0 Å². The van der Waals surface area contributed by atoms with Crippen molar-refractivity contribution in [3.63, 3.8) is 0 Å². The quantitative estimate of drug-likeness (QED) is 0.937. The molecular formula is C12H12BrNO2. The Morgan fingerprint density at radius 1 is 1.19 bits per heavy atom. The molecule has 2 N–H and O–H groups in total. The fourth-order valence-corrected chi connectivity index (χ4v) is 1.70. The highest BCUT2D eigenvalue weighted by Crippen LogP contribution is 2.19. The number of hydrogen-bond donors (Lipinski definition) is 1. The van der Waals surface area contributed by atoms with E-state index in [9.17, 15) is 0 Å². The predicted molar refractivity (Wildman–Crippen MR) is 65.1 cm³/mol. The first kappa shape index (κ1) is 11.2. The zero-order valence-corrected chi connectivity index (χ0v) is 10.2. The molecule has 0 fully saturated rings. The molecule has 0 radical (unpaired) electrons. The second-order valence-electron chi connectivity index (χ2n) is 3.32. The van der Waals surface area contributed by atoms with Crippen LogP contribution in [0.15, 0.2) is 45.3 Å². The third kappa shape index (κ3) is 2.87. The van der Waals surface area contributed by atoms with Crippen molar-refractivity contribution in [2.24, 2.45) is 5.73 Å². The summed E-state index contributed by atoms with van der Waals surface area (Å²) in [5.41, 5.74) is 5.45. The van der Waals surface area contributed by atoms with Gasteiger partial charge in [0.2, 0.25) is 0 Å². The summed E-state index contributed by atoms with van der Waals surface area (Å²) in [6, 6.07) is 11.4. The lowest BCUT2D eigenvalue weighted by molar-refractivity contribution is 0.266. The highest BCUT2D eigenvalue weighted by Gasteiger charge is 2.01. The molecule has 0 spiro atoms. The lowest BCUT2D eigenvalue weighted by Gasteiger charge is -2.04. The average Bonchev–Trinajstić information content (AvgIpc) is 2.74. The van der Waals surface area contributed by atoms with E-state index in [-0.39, 0.29) is 0 Å². The molecule has 0 unspecified atom stereocenters. The van der Waals surface area contributed by atoms with Crippen molar-refractivity contribution < 1.29 is 9.15 Å². The van der Waals surface area contributed by atoms with E-state index in [0.29, 0.717) is 13.2 Å². The van der Waals surface area contributed by atoms with Gasteiger partial charge in [0.05, 0.1) is 6.54 Å². The zero-order valence-electron chi connectivity index (χ0n) is 8.65. The van der Waals surface area contributed by atoms with Crippen LogP contribution in [0.1, 0.15) is 11.5 Å². The highest BCUT2D eigenvalue weighted by molar-refractivity contribution is 9.10. The number of hydrogen-bond acceptors (Lipinski definition) is 3. The highest BCUT2D eigenvalue weighted by atomic mass is 79.9. The number of nitrogens with two attached hydrogens (primary N) is 1. The Morgan fingerprint density at radius 2 is 2.00 bits per heavy atom. The lowest BCUT2D eigenvalue weighted by Crippen LogP contribution is -1.95. The number of rotatable bonds is 4. The van der Waals surface area contributed by atoms with E-state index >= 15 is 0 Å². The Morgan fingerprint density at radius 3 is 2.69 bits per heavy atom. The molecule has 1 aromatic carbocycles. The predicted octanol–water partition coefficient (Wildman–Crippen LogP) is 3.08. The molecule has 84 valence electrons. The van der Waals surface area contributed by atoms with Crippen molar-refractivity contribution in [2.75, 3.05) is 0 Å². The summed E-state index contributed by atoms with van der Waals surface area (Å²) in [5, 5.41) is 0. The molecule has 0 atom stereocenters. The summed E-state index contributed by atoms with van der Waals surface area (Å²) in [7, 11) is 0. The summed E-state index contributed by atoms with van der Waals surface area (Å²) < 4.78 is 12.0. The molecule has 3 nitrogen and oxygen atoms in total. The van der Waals surface area contributed by atoms with Gasteiger partial charge >= 0.3 is 0 Å². The molecule has 4 heteroatoms. The Labute approximate surface area is 102 Å². The molecule has 0 amide bonds. The molecule has 1 heterocycles. The topological polar surface area (TPSA) is 48.4 Å². The van der Waals surface area contributed by atoms with Crippen LogP contribution in [0.4, 0.5) is 0 Å². The van der Waals surface area contributed by atoms with Gasteiger partial charge in [0.1, 0.15) is 23.9 Å². The van der Waals surface area contributed by atoms with Crippen molar-refractivity contribution in [1.29, 1.82) is 0 Å². The molecule has 0 aliphatic carbocycles. The monoisotopic (exact) mass is 281 g/mol. The molecule has 2 aromatic rings. The van der Waals surface area contributed by atoms with Crippen molar-refractivity contribution >= 4 is 15.9 Å². The van der Waals surface area contributed by atoms with Gasteiger partial charge in [-0.15, -0.1) is 0 Å². The van der Waals surface area contributed by atoms with E-state index in [1.54, 1.807) is 0 Å². The van der Waals surface area contributed by atoms with Gasteiger partial charge in [0.15, 0.2) is 0 Å². The maximum absolute atomic E-state index is 5.57. The van der Waals surface area contributed by atoms with E-state index in [1.165, 1.54) is 0 Å². The number of furan rings is 1. The number of benzene rings is 1. The third-order valence-electron chi connectivity index (χ3n) is 2.10.